The topological polar surface area (TPSA) is 101 Å². The molecule has 7 nitrogen and oxygen atoms in total. The minimum absolute atomic E-state index is 0.0818. The monoisotopic (exact) mass is 327 g/mol. The lowest BCUT2D eigenvalue weighted by Gasteiger charge is -2.07. The molecular formula is C12H13N3O4S2. The third-order valence-corrected chi connectivity index (χ3v) is 5.16. The molecule has 0 aliphatic heterocycles. The van der Waals surface area contributed by atoms with Gasteiger partial charge in [-0.1, -0.05) is 17.4 Å². The molecule has 0 spiro atoms. The van der Waals surface area contributed by atoms with Crippen molar-refractivity contribution in [1.29, 1.82) is 0 Å². The molecule has 0 aliphatic rings. The van der Waals surface area contributed by atoms with E-state index in [1.54, 1.807) is 18.2 Å². The maximum absolute atomic E-state index is 11.7. The van der Waals surface area contributed by atoms with Crippen LogP contribution in [-0.2, 0) is 16.6 Å². The van der Waals surface area contributed by atoms with Crippen molar-refractivity contribution >= 4 is 32.0 Å². The van der Waals surface area contributed by atoms with Crippen LogP contribution in [0.5, 0.6) is 0 Å². The van der Waals surface area contributed by atoms with Gasteiger partial charge in [-0.2, -0.15) is 0 Å². The molecule has 0 saturated carbocycles. The molecule has 0 radical (unpaired) electrons. The highest BCUT2D eigenvalue weighted by molar-refractivity contribution is 7.89. The van der Waals surface area contributed by atoms with Crippen LogP contribution in [0.15, 0.2) is 41.3 Å². The summed E-state index contributed by atoms with van der Waals surface area (Å²) in [7, 11) is -2.14. The van der Waals surface area contributed by atoms with Gasteiger partial charge in [0, 0.05) is 23.2 Å². The number of anilines is 1. The Bertz CT molecular complexity index is 755. The molecule has 1 heterocycles. The van der Waals surface area contributed by atoms with E-state index in [2.05, 4.69) is 10.0 Å². The average molecular weight is 327 g/mol. The predicted octanol–water partition coefficient (Wildman–Crippen LogP) is 2.18. The Morgan fingerprint density at radius 3 is 2.67 bits per heavy atom. The molecule has 0 amide bonds. The number of nitrogens with zero attached hydrogens (tertiary/aromatic N) is 1. The SMILES string of the molecule is CNS(=O)(=O)c1cccc(NCc2ccc([N+](=O)[O-])s2)c1. The van der Waals surface area contributed by atoms with Gasteiger partial charge in [-0.15, -0.1) is 0 Å². The fourth-order valence-electron chi connectivity index (χ4n) is 1.64. The van der Waals surface area contributed by atoms with Crippen molar-refractivity contribution in [1.82, 2.24) is 4.72 Å². The Morgan fingerprint density at radius 1 is 1.29 bits per heavy atom. The quantitative estimate of drug-likeness (QED) is 0.625. The van der Waals surface area contributed by atoms with Crippen molar-refractivity contribution in [2.75, 3.05) is 12.4 Å². The lowest BCUT2D eigenvalue weighted by atomic mass is 10.3. The molecule has 0 saturated heterocycles. The van der Waals surface area contributed by atoms with Crippen LogP contribution < -0.4 is 10.0 Å². The number of nitrogens with one attached hydrogen (secondary N) is 2. The largest absolute Gasteiger partial charge is 0.380 e. The summed E-state index contributed by atoms with van der Waals surface area (Å²) in [6, 6.07) is 9.48. The second kappa shape index (κ2) is 6.20. The summed E-state index contributed by atoms with van der Waals surface area (Å²) < 4.78 is 25.6. The maximum Gasteiger partial charge on any atom is 0.324 e. The van der Waals surface area contributed by atoms with E-state index in [1.165, 1.54) is 25.2 Å². The van der Waals surface area contributed by atoms with Crippen LogP contribution in [0.3, 0.4) is 0 Å². The molecule has 112 valence electrons. The molecular weight excluding hydrogens is 314 g/mol. The molecule has 0 fully saturated rings. The highest BCUT2D eigenvalue weighted by Gasteiger charge is 2.12. The number of hydrogen-bond donors (Lipinski definition) is 2. The van der Waals surface area contributed by atoms with Crippen LogP contribution in [0.25, 0.3) is 0 Å². The minimum atomic E-state index is -3.49. The van der Waals surface area contributed by atoms with Crippen LogP contribution >= 0.6 is 11.3 Å². The Morgan fingerprint density at radius 2 is 2.05 bits per heavy atom. The Hall–Kier alpha value is -1.97. The second-order valence-electron chi connectivity index (χ2n) is 4.09. The number of benzene rings is 1. The van der Waals surface area contributed by atoms with Crippen molar-refractivity contribution < 1.29 is 13.3 Å². The lowest BCUT2D eigenvalue weighted by molar-refractivity contribution is -0.380. The van der Waals surface area contributed by atoms with Gasteiger partial charge in [0.25, 0.3) is 0 Å². The Balaban J connectivity index is 2.10. The Labute approximate surface area is 125 Å². The molecule has 2 aromatic rings. The summed E-state index contributed by atoms with van der Waals surface area (Å²) in [5.41, 5.74) is 0.627. The van der Waals surface area contributed by atoms with Crippen LogP contribution in [0.2, 0.25) is 0 Å². The van der Waals surface area contributed by atoms with Crippen molar-refractivity contribution in [3.63, 3.8) is 0 Å². The van der Waals surface area contributed by atoms with Gasteiger partial charge in [-0.3, -0.25) is 10.1 Å². The summed E-state index contributed by atoms with van der Waals surface area (Å²) in [5, 5.41) is 13.7. The third kappa shape index (κ3) is 3.78. The van der Waals surface area contributed by atoms with Crippen LogP contribution in [0.4, 0.5) is 10.7 Å². The van der Waals surface area contributed by atoms with Crippen LogP contribution in [-0.4, -0.2) is 20.4 Å². The first-order valence-corrected chi connectivity index (χ1v) is 8.23. The molecule has 0 atom stereocenters. The van der Waals surface area contributed by atoms with Crippen LogP contribution in [0.1, 0.15) is 4.88 Å². The summed E-state index contributed by atoms with van der Waals surface area (Å²) in [4.78, 5) is 11.1. The summed E-state index contributed by atoms with van der Waals surface area (Å²) in [6.45, 7) is 0.390. The van der Waals surface area contributed by atoms with E-state index in [-0.39, 0.29) is 9.90 Å². The molecule has 9 heteroatoms. The van der Waals surface area contributed by atoms with Gasteiger partial charge in [-0.25, -0.2) is 13.1 Å². The van der Waals surface area contributed by atoms with E-state index in [0.717, 1.165) is 16.2 Å². The third-order valence-electron chi connectivity index (χ3n) is 2.71. The van der Waals surface area contributed by atoms with E-state index in [1.807, 2.05) is 0 Å². The average Bonchev–Trinajstić information content (AvgIpc) is 2.94. The molecule has 0 aliphatic carbocycles. The molecule has 0 unspecified atom stereocenters. The van der Waals surface area contributed by atoms with Gasteiger partial charge < -0.3 is 5.32 Å². The first kappa shape index (κ1) is 15.4. The summed E-state index contributed by atoms with van der Waals surface area (Å²) in [6.07, 6.45) is 0. The zero-order valence-electron chi connectivity index (χ0n) is 11.1. The number of nitro groups is 1. The fourth-order valence-corrected chi connectivity index (χ4v) is 3.18. The second-order valence-corrected chi connectivity index (χ2v) is 7.12. The van der Waals surface area contributed by atoms with E-state index < -0.39 is 14.9 Å². The molecule has 1 aromatic heterocycles. The van der Waals surface area contributed by atoms with E-state index >= 15 is 0 Å². The Kier molecular flexibility index (Phi) is 4.56. The maximum atomic E-state index is 11.7. The van der Waals surface area contributed by atoms with Gasteiger partial charge in [0.2, 0.25) is 10.0 Å². The number of thiophene rings is 1. The van der Waals surface area contributed by atoms with E-state index in [4.69, 9.17) is 0 Å². The van der Waals surface area contributed by atoms with Gasteiger partial charge in [0.15, 0.2) is 0 Å². The van der Waals surface area contributed by atoms with E-state index in [0.29, 0.717) is 12.2 Å². The smallest absolute Gasteiger partial charge is 0.324 e. The number of sulfonamides is 1. The molecule has 0 bridgehead atoms. The number of rotatable bonds is 6. The van der Waals surface area contributed by atoms with Crippen LogP contribution in [0, 0.1) is 10.1 Å². The van der Waals surface area contributed by atoms with Gasteiger partial charge in [-0.05, 0) is 31.3 Å². The molecule has 2 N–H and O–H groups in total. The highest BCUT2D eigenvalue weighted by atomic mass is 32.2. The summed E-state index contributed by atoms with van der Waals surface area (Å²) >= 11 is 1.08. The van der Waals surface area contributed by atoms with Crippen molar-refractivity contribution in [3.8, 4) is 0 Å². The molecule has 2 rings (SSSR count). The van der Waals surface area contributed by atoms with E-state index in [9.17, 15) is 18.5 Å². The fraction of sp³-hybridized carbons (Fsp3) is 0.167. The minimum Gasteiger partial charge on any atom is -0.380 e. The normalized spacial score (nSPS) is 11.3. The standard InChI is InChI=1S/C12H13N3O4S2/c1-13-21(18,19)11-4-2-3-9(7-11)14-8-10-5-6-12(20-10)15(16)17/h2-7,13-14H,8H2,1H3. The van der Waals surface area contributed by atoms with Crippen molar-refractivity contribution in [2.45, 2.75) is 11.4 Å². The van der Waals surface area contributed by atoms with Gasteiger partial charge in [0.05, 0.1) is 9.82 Å². The number of hydrogen-bond acceptors (Lipinski definition) is 6. The zero-order chi connectivity index (χ0) is 15.5. The predicted molar refractivity (Wildman–Crippen MR) is 81.0 cm³/mol. The highest BCUT2D eigenvalue weighted by Crippen LogP contribution is 2.25. The lowest BCUT2D eigenvalue weighted by Crippen LogP contribution is -2.18. The zero-order valence-corrected chi connectivity index (χ0v) is 12.7. The van der Waals surface area contributed by atoms with Gasteiger partial charge in [0.1, 0.15) is 0 Å². The first-order valence-electron chi connectivity index (χ1n) is 5.93. The summed E-state index contributed by atoms with van der Waals surface area (Å²) in [5.74, 6) is 0. The first-order chi connectivity index (χ1) is 9.92. The molecule has 1 aromatic carbocycles. The molecule has 21 heavy (non-hydrogen) atoms. The van der Waals surface area contributed by atoms with Gasteiger partial charge >= 0.3 is 5.00 Å². The van der Waals surface area contributed by atoms with Crippen molar-refractivity contribution in [3.05, 3.63) is 51.4 Å². The van der Waals surface area contributed by atoms with Crippen molar-refractivity contribution in [2.24, 2.45) is 0 Å².